The molecule has 0 saturated heterocycles. The van der Waals surface area contributed by atoms with Gasteiger partial charge in [0.15, 0.2) is 0 Å². The molecule has 0 aliphatic heterocycles. The minimum Gasteiger partial charge on any atom is -0.390 e. The van der Waals surface area contributed by atoms with E-state index in [4.69, 9.17) is 0 Å². The third-order valence-electron chi connectivity index (χ3n) is 3.51. The molecule has 1 unspecified atom stereocenters. The van der Waals surface area contributed by atoms with Crippen LogP contribution in [-0.4, -0.2) is 21.9 Å². The second-order valence-electron chi connectivity index (χ2n) is 4.77. The zero-order valence-corrected chi connectivity index (χ0v) is 11.1. The molecule has 94 valence electrons. The van der Waals surface area contributed by atoms with Gasteiger partial charge < -0.3 is 10.2 Å². The van der Waals surface area contributed by atoms with Crippen molar-refractivity contribution in [2.75, 3.05) is 0 Å². The Labute approximate surface area is 109 Å². The van der Waals surface area contributed by atoms with E-state index in [0.29, 0.717) is 18.4 Å². The minimum absolute atomic E-state index is 0.273. The molecule has 0 heterocycles. The smallest absolute Gasteiger partial charge is 0.123 e. The van der Waals surface area contributed by atoms with E-state index in [-0.39, 0.29) is 12.2 Å². The van der Waals surface area contributed by atoms with Crippen molar-refractivity contribution < 1.29 is 14.6 Å². The highest BCUT2D eigenvalue weighted by Gasteiger charge is 2.38. The van der Waals surface area contributed by atoms with Crippen LogP contribution in [0.15, 0.2) is 22.7 Å². The van der Waals surface area contributed by atoms with Gasteiger partial charge in [0, 0.05) is 10.9 Å². The van der Waals surface area contributed by atoms with Crippen LogP contribution in [0.1, 0.15) is 31.2 Å². The lowest BCUT2D eigenvalue weighted by molar-refractivity contribution is -0.0690. The van der Waals surface area contributed by atoms with Gasteiger partial charge in [0.2, 0.25) is 0 Å². The van der Waals surface area contributed by atoms with Crippen LogP contribution in [0.3, 0.4) is 0 Å². The molecule has 1 aliphatic carbocycles. The number of hydrogen-bond acceptors (Lipinski definition) is 2. The van der Waals surface area contributed by atoms with Crippen molar-refractivity contribution >= 4 is 15.9 Å². The predicted octanol–water partition coefficient (Wildman–Crippen LogP) is 2.80. The minimum atomic E-state index is -0.994. The predicted molar refractivity (Wildman–Crippen MR) is 67.2 cm³/mol. The van der Waals surface area contributed by atoms with Gasteiger partial charge in [-0.1, -0.05) is 28.8 Å². The van der Waals surface area contributed by atoms with Crippen molar-refractivity contribution in [3.63, 3.8) is 0 Å². The number of rotatable bonds is 3. The van der Waals surface area contributed by atoms with E-state index in [1.807, 2.05) is 0 Å². The summed E-state index contributed by atoms with van der Waals surface area (Å²) in [6.07, 6.45) is 2.58. The zero-order valence-electron chi connectivity index (χ0n) is 9.50. The van der Waals surface area contributed by atoms with E-state index in [1.54, 1.807) is 6.07 Å². The molecule has 2 rings (SSSR count). The standard InChI is InChI=1S/C13H16BrFO2/c14-11-4-3-10(15)7-9(11)8-12(16)13(17)5-1-2-6-13/h3-4,7,12,16-17H,1-2,5-6,8H2. The maximum absolute atomic E-state index is 13.1. The van der Waals surface area contributed by atoms with Gasteiger partial charge in [0.25, 0.3) is 0 Å². The lowest BCUT2D eigenvalue weighted by Crippen LogP contribution is -2.40. The number of hydrogen-bond donors (Lipinski definition) is 2. The van der Waals surface area contributed by atoms with Crippen LogP contribution in [0.25, 0.3) is 0 Å². The van der Waals surface area contributed by atoms with Crippen LogP contribution >= 0.6 is 15.9 Å². The van der Waals surface area contributed by atoms with E-state index >= 15 is 0 Å². The third kappa shape index (κ3) is 2.87. The normalized spacial score (nSPS) is 20.5. The van der Waals surface area contributed by atoms with Gasteiger partial charge in [-0.25, -0.2) is 4.39 Å². The second-order valence-corrected chi connectivity index (χ2v) is 5.62. The molecule has 1 aromatic carbocycles. The zero-order chi connectivity index (χ0) is 12.5. The average Bonchev–Trinajstić information content (AvgIpc) is 2.72. The molecule has 2 N–H and O–H groups in total. The summed E-state index contributed by atoms with van der Waals surface area (Å²) in [6.45, 7) is 0. The molecular formula is C13H16BrFO2. The molecule has 1 atom stereocenters. The Hall–Kier alpha value is -0.450. The van der Waals surface area contributed by atoms with Crippen molar-refractivity contribution in [2.24, 2.45) is 0 Å². The summed E-state index contributed by atoms with van der Waals surface area (Å²) < 4.78 is 13.9. The summed E-state index contributed by atoms with van der Waals surface area (Å²) >= 11 is 3.33. The number of halogens is 2. The quantitative estimate of drug-likeness (QED) is 0.901. The lowest BCUT2D eigenvalue weighted by atomic mass is 9.90. The molecule has 4 heteroatoms. The van der Waals surface area contributed by atoms with Crippen molar-refractivity contribution in [3.8, 4) is 0 Å². The summed E-state index contributed by atoms with van der Waals surface area (Å²) in [5.41, 5.74) is -0.302. The summed E-state index contributed by atoms with van der Waals surface area (Å²) in [5, 5.41) is 20.3. The molecule has 0 radical (unpaired) electrons. The maximum Gasteiger partial charge on any atom is 0.123 e. The van der Waals surface area contributed by atoms with Gasteiger partial charge in [-0.2, -0.15) is 0 Å². The van der Waals surface area contributed by atoms with Crippen LogP contribution in [0, 0.1) is 5.82 Å². The Bertz CT molecular complexity index is 402. The van der Waals surface area contributed by atoms with Gasteiger partial charge in [-0.3, -0.25) is 0 Å². The molecule has 0 spiro atoms. The van der Waals surface area contributed by atoms with E-state index < -0.39 is 11.7 Å². The highest BCUT2D eigenvalue weighted by atomic mass is 79.9. The van der Waals surface area contributed by atoms with Gasteiger partial charge >= 0.3 is 0 Å². The summed E-state index contributed by atoms with van der Waals surface area (Å²) in [6, 6.07) is 4.38. The summed E-state index contributed by atoms with van der Waals surface area (Å²) in [5.74, 6) is -0.325. The Balaban J connectivity index is 2.12. The van der Waals surface area contributed by atoms with Gasteiger partial charge in [0.1, 0.15) is 5.82 Å². The highest BCUT2D eigenvalue weighted by molar-refractivity contribution is 9.10. The first kappa shape index (κ1) is 13.0. The largest absolute Gasteiger partial charge is 0.390 e. The fraction of sp³-hybridized carbons (Fsp3) is 0.538. The molecule has 0 aromatic heterocycles. The highest BCUT2D eigenvalue weighted by Crippen LogP contribution is 2.34. The molecular weight excluding hydrogens is 287 g/mol. The first-order chi connectivity index (χ1) is 8.01. The van der Waals surface area contributed by atoms with E-state index in [0.717, 1.165) is 17.3 Å². The monoisotopic (exact) mass is 302 g/mol. The number of aliphatic hydroxyl groups is 2. The lowest BCUT2D eigenvalue weighted by Gasteiger charge is -2.28. The van der Waals surface area contributed by atoms with Crippen molar-refractivity contribution in [1.82, 2.24) is 0 Å². The average molecular weight is 303 g/mol. The number of benzene rings is 1. The molecule has 1 aliphatic rings. The SMILES string of the molecule is OC(Cc1cc(F)ccc1Br)C1(O)CCCC1. The van der Waals surface area contributed by atoms with Crippen LogP contribution < -0.4 is 0 Å². The molecule has 1 saturated carbocycles. The molecule has 17 heavy (non-hydrogen) atoms. The first-order valence-electron chi connectivity index (χ1n) is 5.86. The van der Waals surface area contributed by atoms with Gasteiger partial charge in [0.05, 0.1) is 11.7 Å². The first-order valence-corrected chi connectivity index (χ1v) is 6.65. The summed E-state index contributed by atoms with van der Waals surface area (Å²) in [7, 11) is 0. The van der Waals surface area contributed by atoms with Crippen LogP contribution in [-0.2, 0) is 6.42 Å². The van der Waals surface area contributed by atoms with Crippen molar-refractivity contribution in [3.05, 3.63) is 34.1 Å². The Morgan fingerprint density at radius 1 is 1.35 bits per heavy atom. The molecule has 1 aromatic rings. The Morgan fingerprint density at radius 3 is 2.65 bits per heavy atom. The fourth-order valence-electron chi connectivity index (χ4n) is 2.42. The fourth-order valence-corrected chi connectivity index (χ4v) is 2.83. The molecule has 1 fully saturated rings. The Kier molecular flexibility index (Phi) is 3.85. The number of aliphatic hydroxyl groups excluding tert-OH is 1. The maximum atomic E-state index is 13.1. The van der Waals surface area contributed by atoms with Crippen LogP contribution in [0.2, 0.25) is 0 Å². The Morgan fingerprint density at radius 2 is 2.00 bits per heavy atom. The van der Waals surface area contributed by atoms with Crippen molar-refractivity contribution in [2.45, 2.75) is 43.8 Å². The van der Waals surface area contributed by atoms with Gasteiger partial charge in [-0.15, -0.1) is 0 Å². The molecule has 2 nitrogen and oxygen atoms in total. The second kappa shape index (κ2) is 5.04. The topological polar surface area (TPSA) is 40.5 Å². The van der Waals surface area contributed by atoms with E-state index in [2.05, 4.69) is 15.9 Å². The molecule has 0 bridgehead atoms. The van der Waals surface area contributed by atoms with E-state index in [9.17, 15) is 14.6 Å². The van der Waals surface area contributed by atoms with Crippen molar-refractivity contribution in [1.29, 1.82) is 0 Å². The van der Waals surface area contributed by atoms with Crippen LogP contribution in [0.5, 0.6) is 0 Å². The van der Waals surface area contributed by atoms with Crippen LogP contribution in [0.4, 0.5) is 4.39 Å². The third-order valence-corrected chi connectivity index (χ3v) is 4.28. The van der Waals surface area contributed by atoms with E-state index in [1.165, 1.54) is 12.1 Å². The summed E-state index contributed by atoms with van der Waals surface area (Å²) in [4.78, 5) is 0. The van der Waals surface area contributed by atoms with Gasteiger partial charge in [-0.05, 0) is 36.6 Å². The molecule has 0 amide bonds.